The molecule has 7 nitrogen and oxygen atoms in total. The Labute approximate surface area is 131 Å². The third-order valence-electron chi connectivity index (χ3n) is 3.68. The molecule has 0 unspecified atom stereocenters. The molecule has 22 heavy (non-hydrogen) atoms. The van der Waals surface area contributed by atoms with Crippen molar-refractivity contribution in [3.05, 3.63) is 22.7 Å². The van der Waals surface area contributed by atoms with E-state index in [-0.39, 0.29) is 18.9 Å². The van der Waals surface area contributed by atoms with Gasteiger partial charge in [0.15, 0.2) is 0 Å². The van der Waals surface area contributed by atoms with E-state index in [1.54, 1.807) is 4.68 Å². The average molecular weight is 323 g/mol. The second-order valence-electron chi connectivity index (χ2n) is 4.97. The van der Waals surface area contributed by atoms with Gasteiger partial charge in [-0.25, -0.2) is 14.4 Å². The fraction of sp³-hybridized carbons (Fsp3) is 0.429. The highest BCUT2D eigenvalue weighted by Crippen LogP contribution is 2.26. The molecule has 2 amide bonds. The van der Waals surface area contributed by atoms with Crippen LogP contribution in [0.2, 0.25) is 5.02 Å². The lowest BCUT2D eigenvalue weighted by Gasteiger charge is -2.11. The van der Waals surface area contributed by atoms with Crippen LogP contribution in [0.1, 0.15) is 18.9 Å². The highest BCUT2D eigenvalue weighted by atomic mass is 35.5. The van der Waals surface area contributed by atoms with Gasteiger partial charge in [-0.3, -0.25) is 4.79 Å². The lowest BCUT2D eigenvalue weighted by atomic mass is 10.1. The number of ether oxygens (including phenoxy) is 1. The minimum Gasteiger partial charge on any atom is -0.447 e. The maximum atomic E-state index is 12.0. The van der Waals surface area contributed by atoms with Crippen LogP contribution in [-0.2, 0) is 22.5 Å². The summed E-state index contributed by atoms with van der Waals surface area (Å²) >= 11 is 6.35. The monoisotopic (exact) mass is 322 g/mol. The molecule has 1 aromatic carbocycles. The summed E-state index contributed by atoms with van der Waals surface area (Å²) in [4.78, 5) is 24.5. The number of carbonyl (C=O) groups is 2. The first kappa shape index (κ1) is 14.8. The van der Waals surface area contributed by atoms with Crippen molar-refractivity contribution in [2.24, 2.45) is 0 Å². The van der Waals surface area contributed by atoms with Gasteiger partial charge in [-0.1, -0.05) is 22.9 Å². The Morgan fingerprint density at radius 3 is 2.95 bits per heavy atom. The summed E-state index contributed by atoms with van der Waals surface area (Å²) in [6.07, 6.45) is 0.0657. The van der Waals surface area contributed by atoms with Crippen molar-refractivity contribution in [2.45, 2.75) is 26.3 Å². The number of aromatic nitrogens is 3. The zero-order chi connectivity index (χ0) is 15.7. The van der Waals surface area contributed by atoms with E-state index in [2.05, 4.69) is 10.3 Å². The van der Waals surface area contributed by atoms with Gasteiger partial charge in [-0.2, -0.15) is 0 Å². The lowest BCUT2D eigenvalue weighted by molar-refractivity contribution is -0.127. The molecule has 1 saturated heterocycles. The van der Waals surface area contributed by atoms with Crippen molar-refractivity contribution in [3.63, 3.8) is 0 Å². The summed E-state index contributed by atoms with van der Waals surface area (Å²) < 4.78 is 6.51. The van der Waals surface area contributed by atoms with Gasteiger partial charge in [0.1, 0.15) is 12.1 Å². The smallest absolute Gasteiger partial charge is 0.416 e. The lowest BCUT2D eigenvalue weighted by Crippen LogP contribution is -2.31. The molecule has 0 saturated carbocycles. The number of halogens is 1. The molecule has 3 rings (SSSR count). The van der Waals surface area contributed by atoms with Crippen LogP contribution in [0.5, 0.6) is 0 Å². The Kier molecular flexibility index (Phi) is 3.98. The number of rotatable bonds is 4. The van der Waals surface area contributed by atoms with Crippen molar-refractivity contribution in [1.29, 1.82) is 0 Å². The van der Waals surface area contributed by atoms with Gasteiger partial charge in [-0.15, -0.1) is 5.10 Å². The third kappa shape index (κ3) is 2.52. The van der Waals surface area contributed by atoms with E-state index in [1.807, 2.05) is 19.1 Å². The second-order valence-corrected chi connectivity index (χ2v) is 5.35. The number of carbonyl (C=O) groups excluding carboxylic acids is 2. The van der Waals surface area contributed by atoms with Crippen molar-refractivity contribution in [1.82, 2.24) is 19.9 Å². The van der Waals surface area contributed by atoms with Gasteiger partial charge < -0.3 is 4.74 Å². The second kappa shape index (κ2) is 5.92. The standard InChI is InChI=1S/C14H15ClN4O3/c1-2-19-10-5-3-9(12(15)13(10)16-17-19)4-6-11(20)18-7-8-22-14(18)21/h3,5H,2,4,6-8H2,1H3. The van der Waals surface area contributed by atoms with Gasteiger partial charge in [0.05, 0.1) is 17.1 Å². The fourth-order valence-electron chi connectivity index (χ4n) is 2.47. The number of amides is 2. The first-order valence-electron chi connectivity index (χ1n) is 7.09. The predicted molar refractivity (Wildman–Crippen MR) is 79.6 cm³/mol. The van der Waals surface area contributed by atoms with Crippen LogP contribution in [0.3, 0.4) is 0 Å². The van der Waals surface area contributed by atoms with Gasteiger partial charge in [0, 0.05) is 13.0 Å². The van der Waals surface area contributed by atoms with Crippen molar-refractivity contribution >= 4 is 34.6 Å². The molecule has 0 atom stereocenters. The molecule has 1 aliphatic heterocycles. The predicted octanol–water partition coefficient (Wildman–Crippen LogP) is 2.02. The highest BCUT2D eigenvalue weighted by molar-refractivity contribution is 6.35. The summed E-state index contributed by atoms with van der Waals surface area (Å²) in [6.45, 7) is 3.26. The molecule has 2 aromatic rings. The largest absolute Gasteiger partial charge is 0.447 e. The average Bonchev–Trinajstić information content (AvgIpc) is 3.12. The van der Waals surface area contributed by atoms with Crippen LogP contribution in [0, 0.1) is 0 Å². The number of hydrogen-bond acceptors (Lipinski definition) is 5. The first-order valence-corrected chi connectivity index (χ1v) is 7.47. The molecule has 2 heterocycles. The van der Waals surface area contributed by atoms with E-state index in [4.69, 9.17) is 16.3 Å². The molecular weight excluding hydrogens is 308 g/mol. The van der Waals surface area contributed by atoms with Gasteiger partial charge in [0.25, 0.3) is 0 Å². The highest BCUT2D eigenvalue weighted by Gasteiger charge is 2.28. The topological polar surface area (TPSA) is 77.3 Å². The molecular formula is C14H15ClN4O3. The summed E-state index contributed by atoms with van der Waals surface area (Å²) in [5.74, 6) is -0.254. The maximum absolute atomic E-state index is 12.0. The number of cyclic esters (lactones) is 1. The molecule has 1 aromatic heterocycles. The normalized spacial score (nSPS) is 14.6. The minimum absolute atomic E-state index is 0.197. The Bertz CT molecular complexity index is 743. The molecule has 0 radical (unpaired) electrons. The van der Waals surface area contributed by atoms with E-state index in [9.17, 15) is 9.59 Å². The van der Waals surface area contributed by atoms with Gasteiger partial charge in [0.2, 0.25) is 5.91 Å². The molecule has 8 heteroatoms. The number of hydrogen-bond donors (Lipinski definition) is 0. The van der Waals surface area contributed by atoms with Crippen LogP contribution >= 0.6 is 11.6 Å². The first-order chi connectivity index (χ1) is 10.6. The Morgan fingerprint density at radius 1 is 1.45 bits per heavy atom. The van der Waals surface area contributed by atoms with Crippen molar-refractivity contribution in [3.8, 4) is 0 Å². The molecule has 0 aliphatic carbocycles. The number of benzene rings is 1. The van der Waals surface area contributed by atoms with Gasteiger partial charge >= 0.3 is 6.09 Å². The van der Waals surface area contributed by atoms with Crippen LogP contribution < -0.4 is 0 Å². The van der Waals surface area contributed by atoms with E-state index in [0.717, 1.165) is 16.0 Å². The summed E-state index contributed by atoms with van der Waals surface area (Å²) in [7, 11) is 0. The Morgan fingerprint density at radius 2 is 2.27 bits per heavy atom. The fourth-order valence-corrected chi connectivity index (χ4v) is 2.76. The van der Waals surface area contributed by atoms with Crippen LogP contribution in [0.15, 0.2) is 12.1 Å². The molecule has 1 aliphatic rings. The zero-order valence-corrected chi connectivity index (χ0v) is 12.8. The Hall–Kier alpha value is -2.15. The number of nitrogens with zero attached hydrogens (tertiary/aromatic N) is 4. The van der Waals surface area contributed by atoms with E-state index >= 15 is 0 Å². The summed E-state index contributed by atoms with van der Waals surface area (Å²) in [5.41, 5.74) is 2.32. The minimum atomic E-state index is -0.572. The van der Waals surface area contributed by atoms with Gasteiger partial charge in [-0.05, 0) is 25.0 Å². The number of aryl methyl sites for hydroxylation is 2. The van der Waals surface area contributed by atoms with Crippen LogP contribution in [-0.4, -0.2) is 45.0 Å². The zero-order valence-electron chi connectivity index (χ0n) is 12.1. The third-order valence-corrected chi connectivity index (χ3v) is 4.10. The van der Waals surface area contributed by atoms with E-state index in [0.29, 0.717) is 30.0 Å². The molecule has 1 fully saturated rings. The van der Waals surface area contributed by atoms with E-state index in [1.165, 1.54) is 0 Å². The molecule has 116 valence electrons. The summed E-state index contributed by atoms with van der Waals surface area (Å²) in [5, 5.41) is 8.62. The number of imide groups is 1. The van der Waals surface area contributed by atoms with Crippen molar-refractivity contribution < 1.29 is 14.3 Å². The van der Waals surface area contributed by atoms with Crippen LogP contribution in [0.25, 0.3) is 11.0 Å². The number of fused-ring (bicyclic) bond motifs is 1. The maximum Gasteiger partial charge on any atom is 0.416 e. The SMILES string of the molecule is CCn1nnc2c(Cl)c(CCC(=O)N3CCOC3=O)ccc21. The van der Waals surface area contributed by atoms with Crippen LogP contribution in [0.4, 0.5) is 4.79 Å². The Balaban J connectivity index is 1.75. The van der Waals surface area contributed by atoms with Crippen molar-refractivity contribution in [2.75, 3.05) is 13.2 Å². The van der Waals surface area contributed by atoms with E-state index < -0.39 is 6.09 Å². The quantitative estimate of drug-likeness (QED) is 0.860. The molecule has 0 spiro atoms. The molecule has 0 N–H and O–H groups in total. The summed E-state index contributed by atoms with van der Waals surface area (Å²) in [6, 6.07) is 3.77. The molecule has 0 bridgehead atoms.